The average Bonchev–Trinajstić information content (AvgIpc) is 2.83. The molecule has 0 aromatic heterocycles. The van der Waals surface area contributed by atoms with Gasteiger partial charge in [-0.25, -0.2) is 0 Å². The predicted octanol–water partition coefficient (Wildman–Crippen LogP) is 1.37. The summed E-state index contributed by atoms with van der Waals surface area (Å²) in [5, 5.41) is 0. The third-order valence-corrected chi connectivity index (χ3v) is 3.29. The zero-order chi connectivity index (χ0) is 10.2. The van der Waals surface area contributed by atoms with E-state index in [1.807, 2.05) is 0 Å². The molecule has 3 nitrogen and oxygen atoms in total. The number of nitrogens with zero attached hydrogens (tertiary/aromatic N) is 1. The summed E-state index contributed by atoms with van der Waals surface area (Å²) in [4.78, 5) is 24.7. The Labute approximate surface area is 84.5 Å². The molecule has 1 amide bonds. The van der Waals surface area contributed by atoms with Crippen LogP contribution in [0, 0.1) is 5.41 Å². The van der Waals surface area contributed by atoms with Crippen LogP contribution in [0.1, 0.15) is 39.0 Å². The van der Waals surface area contributed by atoms with Crippen LogP contribution in [0.25, 0.3) is 0 Å². The minimum atomic E-state index is 0.179. The number of ketones is 1. The molecule has 1 heterocycles. The molecule has 0 aromatic rings. The maximum absolute atomic E-state index is 11.8. The molecule has 1 aliphatic carbocycles. The van der Waals surface area contributed by atoms with Gasteiger partial charge in [0.05, 0.1) is 6.54 Å². The Morgan fingerprint density at radius 2 is 2.21 bits per heavy atom. The van der Waals surface area contributed by atoms with Crippen molar-refractivity contribution in [3.8, 4) is 0 Å². The normalized spacial score (nSPS) is 24.9. The fourth-order valence-electron chi connectivity index (χ4n) is 1.92. The molecule has 14 heavy (non-hydrogen) atoms. The monoisotopic (exact) mass is 195 g/mol. The summed E-state index contributed by atoms with van der Waals surface area (Å²) in [6, 6.07) is 0. The Hall–Kier alpha value is -0.860. The van der Waals surface area contributed by atoms with Crippen molar-refractivity contribution < 1.29 is 9.59 Å². The molecule has 0 unspecified atom stereocenters. The second-order valence-electron chi connectivity index (χ2n) is 4.94. The summed E-state index contributed by atoms with van der Waals surface area (Å²) >= 11 is 0. The quantitative estimate of drug-likeness (QED) is 0.667. The lowest BCUT2D eigenvalue weighted by molar-refractivity contribution is -0.138. The maximum atomic E-state index is 11.8. The number of amides is 1. The van der Waals surface area contributed by atoms with Gasteiger partial charge in [-0.05, 0) is 24.7 Å². The molecule has 0 N–H and O–H groups in total. The lowest BCUT2D eigenvalue weighted by Gasteiger charge is -2.26. The first-order valence-electron chi connectivity index (χ1n) is 5.39. The standard InChI is InChI=1S/C11H17NO2/c1-11(4-5-11)7-10(14)12-6-2-3-9(13)8-12/h2-8H2,1H3. The first-order valence-corrected chi connectivity index (χ1v) is 5.39. The van der Waals surface area contributed by atoms with Crippen LogP contribution in [0.2, 0.25) is 0 Å². The molecular weight excluding hydrogens is 178 g/mol. The number of hydrogen-bond acceptors (Lipinski definition) is 2. The summed E-state index contributed by atoms with van der Waals surface area (Å²) < 4.78 is 0. The van der Waals surface area contributed by atoms with Crippen LogP contribution >= 0.6 is 0 Å². The first kappa shape index (κ1) is 9.69. The van der Waals surface area contributed by atoms with Crippen molar-refractivity contribution in [2.75, 3.05) is 13.1 Å². The number of Topliss-reactive ketones (excluding diaryl/α,β-unsaturated/α-hetero) is 1. The summed E-state index contributed by atoms with van der Waals surface area (Å²) in [5.74, 6) is 0.392. The van der Waals surface area contributed by atoms with Crippen molar-refractivity contribution in [3.63, 3.8) is 0 Å². The molecule has 0 aromatic carbocycles. The van der Waals surface area contributed by atoms with E-state index < -0.39 is 0 Å². The van der Waals surface area contributed by atoms with E-state index in [-0.39, 0.29) is 17.1 Å². The number of rotatable bonds is 2. The number of hydrogen-bond donors (Lipinski definition) is 0. The van der Waals surface area contributed by atoms with E-state index >= 15 is 0 Å². The van der Waals surface area contributed by atoms with E-state index in [0.29, 0.717) is 19.4 Å². The van der Waals surface area contributed by atoms with Gasteiger partial charge in [-0.3, -0.25) is 9.59 Å². The van der Waals surface area contributed by atoms with Crippen molar-refractivity contribution in [1.82, 2.24) is 4.90 Å². The Bertz CT molecular complexity index is 268. The molecule has 0 bridgehead atoms. The topological polar surface area (TPSA) is 37.4 Å². The van der Waals surface area contributed by atoms with Crippen molar-refractivity contribution in [1.29, 1.82) is 0 Å². The molecule has 1 aliphatic heterocycles. The van der Waals surface area contributed by atoms with Gasteiger partial charge in [0.2, 0.25) is 5.91 Å². The van der Waals surface area contributed by atoms with Crippen molar-refractivity contribution >= 4 is 11.7 Å². The smallest absolute Gasteiger partial charge is 0.223 e. The highest BCUT2D eigenvalue weighted by Gasteiger charge is 2.40. The van der Waals surface area contributed by atoms with Gasteiger partial charge in [-0.2, -0.15) is 0 Å². The van der Waals surface area contributed by atoms with Gasteiger partial charge in [0.25, 0.3) is 0 Å². The van der Waals surface area contributed by atoms with Gasteiger partial charge in [0.15, 0.2) is 5.78 Å². The van der Waals surface area contributed by atoms with Gasteiger partial charge in [0, 0.05) is 19.4 Å². The molecule has 78 valence electrons. The van der Waals surface area contributed by atoms with Crippen LogP contribution in [0.5, 0.6) is 0 Å². The Kier molecular flexibility index (Phi) is 2.33. The Morgan fingerprint density at radius 1 is 1.50 bits per heavy atom. The van der Waals surface area contributed by atoms with Crippen molar-refractivity contribution in [2.24, 2.45) is 5.41 Å². The van der Waals surface area contributed by atoms with Crippen LogP contribution in [0.4, 0.5) is 0 Å². The summed E-state index contributed by atoms with van der Waals surface area (Å²) in [5.41, 5.74) is 0.261. The highest BCUT2D eigenvalue weighted by Crippen LogP contribution is 2.48. The fraction of sp³-hybridized carbons (Fsp3) is 0.818. The summed E-state index contributed by atoms with van der Waals surface area (Å²) in [6.45, 7) is 3.28. The summed E-state index contributed by atoms with van der Waals surface area (Å²) in [7, 11) is 0. The lowest BCUT2D eigenvalue weighted by atomic mass is 10.0. The zero-order valence-corrected chi connectivity index (χ0v) is 8.71. The number of carbonyl (C=O) groups excluding carboxylic acids is 2. The minimum Gasteiger partial charge on any atom is -0.335 e. The molecule has 3 heteroatoms. The van der Waals surface area contributed by atoms with Crippen LogP contribution in [-0.2, 0) is 9.59 Å². The van der Waals surface area contributed by atoms with E-state index in [9.17, 15) is 9.59 Å². The molecule has 2 fully saturated rings. The number of carbonyl (C=O) groups is 2. The van der Waals surface area contributed by atoms with Crippen molar-refractivity contribution in [3.05, 3.63) is 0 Å². The lowest BCUT2D eigenvalue weighted by Crippen LogP contribution is -2.40. The predicted molar refractivity (Wildman–Crippen MR) is 52.8 cm³/mol. The van der Waals surface area contributed by atoms with Gasteiger partial charge in [-0.15, -0.1) is 0 Å². The Balaban J connectivity index is 1.87. The molecule has 0 radical (unpaired) electrons. The summed E-state index contributed by atoms with van der Waals surface area (Å²) in [6.07, 6.45) is 4.48. The van der Waals surface area contributed by atoms with Crippen LogP contribution in [0.3, 0.4) is 0 Å². The van der Waals surface area contributed by atoms with Gasteiger partial charge < -0.3 is 4.90 Å². The maximum Gasteiger partial charge on any atom is 0.223 e. The molecule has 1 saturated carbocycles. The fourth-order valence-corrected chi connectivity index (χ4v) is 1.92. The first-order chi connectivity index (χ1) is 6.59. The molecule has 2 rings (SSSR count). The second kappa shape index (κ2) is 3.37. The van der Waals surface area contributed by atoms with E-state index in [1.165, 1.54) is 12.8 Å². The van der Waals surface area contributed by atoms with Crippen molar-refractivity contribution in [2.45, 2.75) is 39.0 Å². The molecule has 0 spiro atoms. The van der Waals surface area contributed by atoms with E-state index in [4.69, 9.17) is 0 Å². The Morgan fingerprint density at radius 3 is 2.79 bits per heavy atom. The zero-order valence-electron chi connectivity index (χ0n) is 8.71. The average molecular weight is 195 g/mol. The van der Waals surface area contributed by atoms with Crippen LogP contribution in [-0.4, -0.2) is 29.7 Å². The SMILES string of the molecule is CC1(CC(=O)N2CCCC(=O)C2)CC1. The van der Waals surface area contributed by atoms with Gasteiger partial charge >= 0.3 is 0 Å². The molecule has 0 atom stereocenters. The molecular formula is C11H17NO2. The number of likely N-dealkylation sites (tertiary alicyclic amines) is 1. The molecule has 2 aliphatic rings. The number of piperidine rings is 1. The van der Waals surface area contributed by atoms with Gasteiger partial charge in [-0.1, -0.05) is 6.92 Å². The van der Waals surface area contributed by atoms with E-state index in [0.717, 1.165) is 13.0 Å². The van der Waals surface area contributed by atoms with Gasteiger partial charge in [0.1, 0.15) is 0 Å². The largest absolute Gasteiger partial charge is 0.335 e. The third-order valence-electron chi connectivity index (χ3n) is 3.29. The highest BCUT2D eigenvalue weighted by molar-refractivity contribution is 5.87. The van der Waals surface area contributed by atoms with E-state index in [1.54, 1.807) is 4.90 Å². The highest BCUT2D eigenvalue weighted by atomic mass is 16.2. The molecule has 1 saturated heterocycles. The van der Waals surface area contributed by atoms with Crippen LogP contribution in [0.15, 0.2) is 0 Å². The van der Waals surface area contributed by atoms with Crippen LogP contribution < -0.4 is 0 Å². The van der Waals surface area contributed by atoms with E-state index in [2.05, 4.69) is 6.92 Å². The third kappa shape index (κ3) is 2.14. The minimum absolute atomic E-state index is 0.179. The second-order valence-corrected chi connectivity index (χ2v) is 4.94.